The molecular weight excluding hydrogens is 725 g/mol. The first kappa shape index (κ1) is 32.7. The minimum atomic E-state index is 0.687. The summed E-state index contributed by atoms with van der Waals surface area (Å²) < 4.78 is 4.83. The SMILES string of the molecule is c1ccc(-c2nc(-c3cccc(-n4c5ccccc5c5ccccc54)c3)cc(-c3ccc(-c4nc5ccccc5c5c4sc4ccccc45)c4ccccc34)n2)cc1. The Balaban J connectivity index is 1.07. The lowest BCUT2D eigenvalue weighted by Crippen LogP contribution is -1.98. The average molecular weight is 757 g/mol. The van der Waals surface area contributed by atoms with E-state index in [1.807, 2.05) is 29.5 Å². The van der Waals surface area contributed by atoms with Crippen LogP contribution in [-0.2, 0) is 0 Å². The van der Waals surface area contributed by atoms with Crippen molar-refractivity contribution in [1.82, 2.24) is 19.5 Å². The molecule has 0 atom stereocenters. The summed E-state index contributed by atoms with van der Waals surface area (Å²) in [5.74, 6) is 0.687. The number of fused-ring (bicyclic) bond motifs is 9. The van der Waals surface area contributed by atoms with Gasteiger partial charge in [0.05, 0.1) is 38.3 Å². The molecule has 0 saturated heterocycles. The van der Waals surface area contributed by atoms with Crippen molar-refractivity contribution in [3.05, 3.63) is 194 Å². The third kappa shape index (κ3) is 5.11. The molecule has 0 saturated carbocycles. The van der Waals surface area contributed by atoms with E-state index in [-0.39, 0.29) is 0 Å². The zero-order chi connectivity index (χ0) is 38.2. The summed E-state index contributed by atoms with van der Waals surface area (Å²) in [5, 5.41) is 8.45. The number of rotatable bonds is 5. The number of hydrogen-bond acceptors (Lipinski definition) is 4. The third-order valence-corrected chi connectivity index (χ3v) is 12.6. The van der Waals surface area contributed by atoms with Crippen LogP contribution in [0.4, 0.5) is 0 Å². The van der Waals surface area contributed by atoms with Gasteiger partial charge in [0, 0.05) is 59.6 Å². The van der Waals surface area contributed by atoms with E-state index in [1.54, 1.807) is 0 Å². The quantitative estimate of drug-likeness (QED) is 0.176. The van der Waals surface area contributed by atoms with Crippen LogP contribution in [0.15, 0.2) is 194 Å². The van der Waals surface area contributed by atoms with E-state index in [0.29, 0.717) is 5.82 Å². The van der Waals surface area contributed by atoms with Gasteiger partial charge in [-0.2, -0.15) is 0 Å². The molecule has 8 aromatic carbocycles. The van der Waals surface area contributed by atoms with Crippen molar-refractivity contribution in [2.75, 3.05) is 0 Å². The molecule has 0 aliphatic carbocycles. The second-order valence-corrected chi connectivity index (χ2v) is 15.8. The first-order valence-corrected chi connectivity index (χ1v) is 20.3. The smallest absolute Gasteiger partial charge is 0.160 e. The number of nitrogens with zero attached hydrogens (tertiary/aromatic N) is 4. The highest BCUT2D eigenvalue weighted by molar-refractivity contribution is 7.26. The van der Waals surface area contributed by atoms with Gasteiger partial charge in [-0.25, -0.2) is 15.0 Å². The van der Waals surface area contributed by atoms with Crippen molar-refractivity contribution in [3.63, 3.8) is 0 Å². The van der Waals surface area contributed by atoms with Crippen molar-refractivity contribution in [3.8, 4) is 50.8 Å². The Hall–Kier alpha value is -7.47. The van der Waals surface area contributed by atoms with E-state index in [2.05, 4.69) is 180 Å². The van der Waals surface area contributed by atoms with Crippen molar-refractivity contribution in [1.29, 1.82) is 0 Å². The topological polar surface area (TPSA) is 43.6 Å². The van der Waals surface area contributed by atoms with Crippen LogP contribution in [0.25, 0.3) is 115 Å². The van der Waals surface area contributed by atoms with Gasteiger partial charge in [-0.15, -0.1) is 11.3 Å². The van der Waals surface area contributed by atoms with Gasteiger partial charge in [0.15, 0.2) is 5.82 Å². The summed E-state index contributed by atoms with van der Waals surface area (Å²) in [5.41, 5.74) is 11.3. The molecule has 12 aromatic rings. The first-order valence-electron chi connectivity index (χ1n) is 19.5. The van der Waals surface area contributed by atoms with E-state index in [4.69, 9.17) is 15.0 Å². The van der Waals surface area contributed by atoms with Crippen molar-refractivity contribution in [2.45, 2.75) is 0 Å². The summed E-state index contributed by atoms with van der Waals surface area (Å²) in [6.07, 6.45) is 0. The van der Waals surface area contributed by atoms with Gasteiger partial charge >= 0.3 is 0 Å². The zero-order valence-corrected chi connectivity index (χ0v) is 32.0. The molecule has 0 spiro atoms. The first-order chi connectivity index (χ1) is 28.8. The Morgan fingerprint density at radius 1 is 0.397 bits per heavy atom. The van der Waals surface area contributed by atoms with E-state index < -0.39 is 0 Å². The number of pyridine rings is 1. The fourth-order valence-electron chi connectivity index (χ4n) is 8.80. The van der Waals surface area contributed by atoms with Crippen molar-refractivity contribution >= 4 is 75.0 Å². The predicted octanol–water partition coefficient (Wildman–Crippen LogP) is 14.3. The highest BCUT2D eigenvalue weighted by Gasteiger charge is 2.20. The molecular formula is C53H32N4S. The third-order valence-electron chi connectivity index (χ3n) is 11.4. The van der Waals surface area contributed by atoms with Crippen LogP contribution >= 0.6 is 11.3 Å². The van der Waals surface area contributed by atoms with Crippen LogP contribution in [0.1, 0.15) is 0 Å². The Bertz CT molecular complexity index is 3530. The average Bonchev–Trinajstić information content (AvgIpc) is 3.86. The molecule has 5 heteroatoms. The molecule has 0 radical (unpaired) electrons. The van der Waals surface area contributed by atoms with Gasteiger partial charge in [-0.3, -0.25) is 0 Å². The second kappa shape index (κ2) is 13.1. The molecule has 4 heterocycles. The van der Waals surface area contributed by atoms with Gasteiger partial charge < -0.3 is 4.57 Å². The van der Waals surface area contributed by atoms with Gasteiger partial charge in [-0.1, -0.05) is 152 Å². The highest BCUT2D eigenvalue weighted by atomic mass is 32.1. The van der Waals surface area contributed by atoms with E-state index >= 15 is 0 Å². The van der Waals surface area contributed by atoms with Crippen LogP contribution in [0.5, 0.6) is 0 Å². The van der Waals surface area contributed by atoms with E-state index in [0.717, 1.165) is 61.3 Å². The van der Waals surface area contributed by atoms with Crippen molar-refractivity contribution < 1.29 is 0 Å². The number of aromatic nitrogens is 4. The van der Waals surface area contributed by atoms with Crippen LogP contribution in [0, 0.1) is 0 Å². The second-order valence-electron chi connectivity index (χ2n) is 14.7. The monoisotopic (exact) mass is 756 g/mol. The molecule has 4 nitrogen and oxygen atoms in total. The van der Waals surface area contributed by atoms with Crippen LogP contribution in [0.2, 0.25) is 0 Å². The lowest BCUT2D eigenvalue weighted by Gasteiger charge is -2.15. The summed E-state index contributed by atoms with van der Waals surface area (Å²) in [6, 6.07) is 68.8. The summed E-state index contributed by atoms with van der Waals surface area (Å²) >= 11 is 1.82. The largest absolute Gasteiger partial charge is 0.309 e. The lowest BCUT2D eigenvalue weighted by atomic mass is 9.94. The highest BCUT2D eigenvalue weighted by Crippen LogP contribution is 2.45. The molecule has 0 aliphatic heterocycles. The minimum absolute atomic E-state index is 0.687. The lowest BCUT2D eigenvalue weighted by molar-refractivity contribution is 1.16. The number of thiophene rings is 1. The van der Waals surface area contributed by atoms with E-state index in [1.165, 1.54) is 47.4 Å². The molecule has 0 unspecified atom stereocenters. The maximum Gasteiger partial charge on any atom is 0.160 e. The Labute approximate surface area is 338 Å². The predicted molar refractivity (Wildman–Crippen MR) is 244 cm³/mol. The number of hydrogen-bond donors (Lipinski definition) is 0. The number of para-hydroxylation sites is 3. The maximum atomic E-state index is 5.38. The molecule has 12 rings (SSSR count). The van der Waals surface area contributed by atoms with Crippen LogP contribution in [-0.4, -0.2) is 19.5 Å². The molecule has 4 aromatic heterocycles. The molecule has 0 bridgehead atoms. The Kier molecular flexibility index (Phi) is 7.37. The maximum absolute atomic E-state index is 5.38. The van der Waals surface area contributed by atoms with Crippen molar-refractivity contribution in [2.24, 2.45) is 0 Å². The van der Waals surface area contributed by atoms with Gasteiger partial charge in [0.1, 0.15) is 0 Å². The molecule has 0 N–H and O–H groups in total. The van der Waals surface area contributed by atoms with Gasteiger partial charge in [-0.05, 0) is 53.2 Å². The Morgan fingerprint density at radius 2 is 0.983 bits per heavy atom. The Morgan fingerprint density at radius 3 is 1.76 bits per heavy atom. The molecule has 0 fully saturated rings. The van der Waals surface area contributed by atoms with Crippen LogP contribution in [0.3, 0.4) is 0 Å². The number of benzene rings is 8. The fraction of sp³-hybridized carbons (Fsp3) is 0. The molecule has 270 valence electrons. The van der Waals surface area contributed by atoms with Gasteiger partial charge in [0.25, 0.3) is 0 Å². The molecule has 0 aliphatic rings. The van der Waals surface area contributed by atoms with E-state index in [9.17, 15) is 0 Å². The molecule has 58 heavy (non-hydrogen) atoms. The van der Waals surface area contributed by atoms with Crippen LogP contribution < -0.4 is 0 Å². The summed E-state index contributed by atoms with van der Waals surface area (Å²) in [7, 11) is 0. The normalized spacial score (nSPS) is 11.8. The minimum Gasteiger partial charge on any atom is -0.309 e. The summed E-state index contributed by atoms with van der Waals surface area (Å²) in [4.78, 5) is 15.9. The zero-order valence-electron chi connectivity index (χ0n) is 31.2. The van der Waals surface area contributed by atoms with Gasteiger partial charge in [0.2, 0.25) is 0 Å². The standard InChI is InChI=1S/C53H32N4S/c1-2-15-33(16-3-1)53-55-45(34-17-14-18-35(31-34)57-47-26-11-7-21-39(47)40-22-8-12-27-48(40)57)32-46(56-53)38-29-30-41(37-20-5-4-19-36(37)38)51-52-50(42-23-6-10-25-44(42)54-51)43-24-9-13-28-49(43)58-52/h1-32H. The fourth-order valence-corrected chi connectivity index (χ4v) is 10.0. The molecule has 0 amide bonds. The summed E-state index contributed by atoms with van der Waals surface area (Å²) in [6.45, 7) is 0.